The second kappa shape index (κ2) is 8.62. The van der Waals surface area contributed by atoms with Crippen molar-refractivity contribution in [2.45, 2.75) is 19.8 Å². The third-order valence-electron chi connectivity index (χ3n) is 5.62. The van der Waals surface area contributed by atoms with Gasteiger partial charge in [-0.3, -0.25) is 4.79 Å². The van der Waals surface area contributed by atoms with Gasteiger partial charge in [-0.1, -0.05) is 6.92 Å². The van der Waals surface area contributed by atoms with Crippen molar-refractivity contribution < 1.29 is 9.90 Å². The van der Waals surface area contributed by atoms with Gasteiger partial charge in [0.25, 0.3) is 5.91 Å². The lowest BCUT2D eigenvalue weighted by Crippen LogP contribution is -2.36. The molecule has 2 saturated heterocycles. The van der Waals surface area contributed by atoms with Crippen LogP contribution in [-0.4, -0.2) is 85.2 Å². The van der Waals surface area contributed by atoms with Gasteiger partial charge in [-0.25, -0.2) is 0 Å². The van der Waals surface area contributed by atoms with Gasteiger partial charge in [0.05, 0.1) is 4.88 Å². The largest absolute Gasteiger partial charge is 0.396 e. The van der Waals surface area contributed by atoms with E-state index in [2.05, 4.69) is 29.8 Å². The molecule has 3 heterocycles. The summed E-state index contributed by atoms with van der Waals surface area (Å²) in [6, 6.07) is 4.01. The molecule has 0 bridgehead atoms. The van der Waals surface area contributed by atoms with Crippen LogP contribution in [0.3, 0.4) is 0 Å². The Balaban J connectivity index is 1.60. The van der Waals surface area contributed by atoms with E-state index in [4.69, 9.17) is 0 Å². The molecule has 140 valence electrons. The average Bonchev–Trinajstić information content (AvgIpc) is 3.20. The molecule has 0 aliphatic carbocycles. The molecule has 3 rings (SSSR count). The van der Waals surface area contributed by atoms with E-state index in [9.17, 15) is 9.90 Å². The standard InChI is InChI=1S/C19H31N3O2S/c1-3-17-5-6-18(25-17)19(24)22-12-15(16(13-22)14-23)11-21-8-4-7-20(2)9-10-21/h5-6,15-16,23H,3-4,7-14H2,1-2H3. The second-order valence-corrected chi connectivity index (χ2v) is 8.66. The number of likely N-dealkylation sites (N-methyl/N-ethyl adjacent to an activating group) is 1. The van der Waals surface area contributed by atoms with Crippen molar-refractivity contribution >= 4 is 17.2 Å². The molecule has 0 aromatic carbocycles. The highest BCUT2D eigenvalue weighted by Crippen LogP contribution is 2.28. The molecule has 5 nitrogen and oxygen atoms in total. The van der Waals surface area contributed by atoms with Crippen LogP contribution in [0.4, 0.5) is 0 Å². The van der Waals surface area contributed by atoms with Crippen LogP contribution in [0, 0.1) is 11.8 Å². The first-order chi connectivity index (χ1) is 12.1. The van der Waals surface area contributed by atoms with Crippen LogP contribution in [0.15, 0.2) is 12.1 Å². The fraction of sp³-hybridized carbons (Fsp3) is 0.737. The van der Waals surface area contributed by atoms with Crippen molar-refractivity contribution in [3.8, 4) is 0 Å². The average molecular weight is 366 g/mol. The summed E-state index contributed by atoms with van der Waals surface area (Å²) in [4.78, 5) is 21.8. The Morgan fingerprint density at radius 3 is 2.72 bits per heavy atom. The minimum Gasteiger partial charge on any atom is -0.396 e. The first-order valence-corrected chi connectivity index (χ1v) is 10.3. The number of amides is 1. The fourth-order valence-corrected chi connectivity index (χ4v) is 4.89. The number of nitrogens with zero attached hydrogens (tertiary/aromatic N) is 3. The number of rotatable bonds is 5. The predicted octanol–water partition coefficient (Wildman–Crippen LogP) is 1.63. The lowest BCUT2D eigenvalue weighted by Gasteiger charge is -2.26. The first-order valence-electron chi connectivity index (χ1n) is 9.50. The number of carbonyl (C=O) groups excluding carboxylic acids is 1. The molecular weight excluding hydrogens is 334 g/mol. The van der Waals surface area contributed by atoms with Crippen molar-refractivity contribution in [2.75, 3.05) is 59.5 Å². The molecule has 1 amide bonds. The highest BCUT2D eigenvalue weighted by atomic mass is 32.1. The van der Waals surface area contributed by atoms with E-state index in [1.54, 1.807) is 11.3 Å². The number of hydrogen-bond donors (Lipinski definition) is 1. The summed E-state index contributed by atoms with van der Waals surface area (Å²) in [5.41, 5.74) is 0. The number of thiophene rings is 1. The molecule has 1 aromatic heterocycles. The molecular formula is C19H31N3O2S. The Labute approximate surface area is 155 Å². The Bertz CT molecular complexity index is 577. The SMILES string of the molecule is CCc1ccc(C(=O)N2CC(CO)C(CN3CCCN(C)CC3)C2)s1. The normalized spacial score (nSPS) is 26.1. The van der Waals surface area contributed by atoms with Gasteiger partial charge in [-0.15, -0.1) is 11.3 Å². The Kier molecular flexibility index (Phi) is 6.49. The summed E-state index contributed by atoms with van der Waals surface area (Å²) in [7, 11) is 2.18. The van der Waals surface area contributed by atoms with E-state index in [0.29, 0.717) is 12.5 Å². The smallest absolute Gasteiger partial charge is 0.263 e. The third kappa shape index (κ3) is 4.61. The quantitative estimate of drug-likeness (QED) is 0.862. The zero-order chi connectivity index (χ0) is 17.8. The number of carbonyl (C=O) groups is 1. The zero-order valence-corrected chi connectivity index (χ0v) is 16.3. The monoisotopic (exact) mass is 365 g/mol. The van der Waals surface area contributed by atoms with Crippen molar-refractivity contribution in [1.82, 2.24) is 14.7 Å². The Morgan fingerprint density at radius 2 is 2.00 bits per heavy atom. The highest BCUT2D eigenvalue weighted by molar-refractivity contribution is 7.14. The van der Waals surface area contributed by atoms with Crippen LogP contribution < -0.4 is 0 Å². The molecule has 0 radical (unpaired) electrons. The maximum Gasteiger partial charge on any atom is 0.263 e. The molecule has 2 aliphatic heterocycles. The number of aryl methyl sites for hydroxylation is 1. The van der Waals surface area contributed by atoms with Gasteiger partial charge < -0.3 is 19.8 Å². The summed E-state index contributed by atoms with van der Waals surface area (Å²) in [6.07, 6.45) is 2.17. The van der Waals surface area contributed by atoms with Crippen LogP contribution in [0.5, 0.6) is 0 Å². The van der Waals surface area contributed by atoms with Crippen molar-refractivity contribution in [2.24, 2.45) is 11.8 Å². The van der Waals surface area contributed by atoms with Crippen molar-refractivity contribution in [3.63, 3.8) is 0 Å². The van der Waals surface area contributed by atoms with Crippen molar-refractivity contribution in [1.29, 1.82) is 0 Å². The van der Waals surface area contributed by atoms with Crippen LogP contribution >= 0.6 is 11.3 Å². The molecule has 0 spiro atoms. The maximum atomic E-state index is 12.8. The summed E-state index contributed by atoms with van der Waals surface area (Å²) >= 11 is 1.61. The van der Waals surface area contributed by atoms with Gasteiger partial charge in [0, 0.05) is 50.1 Å². The van der Waals surface area contributed by atoms with E-state index in [-0.39, 0.29) is 18.4 Å². The van der Waals surface area contributed by atoms with E-state index >= 15 is 0 Å². The van der Waals surface area contributed by atoms with Gasteiger partial charge in [-0.05, 0) is 51.0 Å². The highest BCUT2D eigenvalue weighted by Gasteiger charge is 2.36. The van der Waals surface area contributed by atoms with E-state index in [0.717, 1.165) is 50.6 Å². The summed E-state index contributed by atoms with van der Waals surface area (Å²) < 4.78 is 0. The van der Waals surface area contributed by atoms with Crippen molar-refractivity contribution in [3.05, 3.63) is 21.9 Å². The Hall–Kier alpha value is -0.950. The summed E-state index contributed by atoms with van der Waals surface area (Å²) in [5, 5.41) is 9.81. The van der Waals surface area contributed by atoms with Gasteiger partial charge in [0.15, 0.2) is 0 Å². The van der Waals surface area contributed by atoms with Crippen LogP contribution in [0.2, 0.25) is 0 Å². The fourth-order valence-electron chi connectivity index (χ4n) is 3.97. The molecule has 2 unspecified atom stereocenters. The molecule has 25 heavy (non-hydrogen) atoms. The number of likely N-dealkylation sites (tertiary alicyclic amines) is 1. The molecule has 2 fully saturated rings. The predicted molar refractivity (Wildman–Crippen MR) is 102 cm³/mol. The summed E-state index contributed by atoms with van der Waals surface area (Å²) in [5.74, 6) is 0.722. The molecule has 1 aromatic rings. The summed E-state index contributed by atoms with van der Waals surface area (Å²) in [6.45, 7) is 9.22. The molecule has 2 aliphatic rings. The number of hydrogen-bond acceptors (Lipinski definition) is 5. The molecule has 2 atom stereocenters. The minimum absolute atomic E-state index is 0.140. The van der Waals surface area contributed by atoms with E-state index in [1.165, 1.54) is 11.3 Å². The molecule has 6 heteroatoms. The van der Waals surface area contributed by atoms with Gasteiger partial charge in [-0.2, -0.15) is 0 Å². The van der Waals surface area contributed by atoms with E-state index < -0.39 is 0 Å². The van der Waals surface area contributed by atoms with Crippen LogP contribution in [0.25, 0.3) is 0 Å². The van der Waals surface area contributed by atoms with Crippen LogP contribution in [0.1, 0.15) is 27.9 Å². The van der Waals surface area contributed by atoms with Crippen LogP contribution in [-0.2, 0) is 6.42 Å². The van der Waals surface area contributed by atoms with E-state index in [1.807, 2.05) is 11.0 Å². The number of aliphatic hydroxyl groups is 1. The Morgan fingerprint density at radius 1 is 1.20 bits per heavy atom. The number of aliphatic hydroxyl groups excluding tert-OH is 1. The zero-order valence-electron chi connectivity index (χ0n) is 15.5. The second-order valence-electron chi connectivity index (χ2n) is 7.49. The first kappa shape index (κ1) is 18.8. The maximum absolute atomic E-state index is 12.8. The molecule has 1 N–H and O–H groups in total. The lowest BCUT2D eigenvalue weighted by atomic mass is 9.96. The van der Waals surface area contributed by atoms with Gasteiger partial charge in [0.2, 0.25) is 0 Å². The van der Waals surface area contributed by atoms with Gasteiger partial charge in [0.1, 0.15) is 0 Å². The minimum atomic E-state index is 0.140. The lowest BCUT2D eigenvalue weighted by molar-refractivity contribution is 0.0784. The molecule has 0 saturated carbocycles. The third-order valence-corrected chi connectivity index (χ3v) is 6.84. The van der Waals surface area contributed by atoms with Gasteiger partial charge >= 0.3 is 0 Å². The topological polar surface area (TPSA) is 47.0 Å².